The van der Waals surface area contributed by atoms with Crippen molar-refractivity contribution in [3.8, 4) is 0 Å². The van der Waals surface area contributed by atoms with Crippen molar-refractivity contribution in [2.75, 3.05) is 6.54 Å². The van der Waals surface area contributed by atoms with Crippen LogP contribution in [-0.4, -0.2) is 11.7 Å². The molecule has 0 amide bonds. The third-order valence-corrected chi connectivity index (χ3v) is 0.486. The van der Waals surface area contributed by atoms with E-state index in [-0.39, 0.29) is 0 Å². The molecule has 2 nitrogen and oxygen atoms in total. The number of aliphatic hydroxyl groups is 1. The van der Waals surface area contributed by atoms with Crippen LogP contribution in [0.25, 0.3) is 0 Å². The van der Waals surface area contributed by atoms with Crippen LogP contribution >= 0.6 is 0 Å². The monoisotopic (exact) mass is 88.1 g/mol. The van der Waals surface area contributed by atoms with E-state index in [1.54, 1.807) is 0 Å². The first-order valence-electron chi connectivity index (χ1n) is 2.11. The highest BCUT2D eigenvalue weighted by Gasteiger charge is 1.73. The maximum absolute atomic E-state index is 7.96. The summed E-state index contributed by atoms with van der Waals surface area (Å²) >= 11 is 0. The highest BCUT2D eigenvalue weighted by molar-refractivity contribution is 4.40. The zero-order chi connectivity index (χ0) is 4.83. The van der Waals surface area contributed by atoms with Gasteiger partial charge < -0.3 is 5.11 Å². The minimum atomic E-state index is 0.858. The predicted molar refractivity (Wildman–Crippen MR) is 24.5 cm³/mol. The van der Waals surface area contributed by atoms with E-state index in [1.165, 1.54) is 0 Å². The van der Waals surface area contributed by atoms with E-state index in [1.807, 2.05) is 6.92 Å². The molecule has 37 valence electrons. The Bertz CT molecular complexity index is 19.5. The van der Waals surface area contributed by atoms with Crippen LogP contribution in [0.1, 0.15) is 13.3 Å². The first-order valence-corrected chi connectivity index (χ1v) is 2.11. The van der Waals surface area contributed by atoms with Gasteiger partial charge in [-0.25, -0.2) is 0 Å². The minimum absolute atomic E-state index is 0.858. The predicted octanol–water partition coefficient (Wildman–Crippen LogP) is 0.478. The maximum Gasteiger partial charge on any atom is 0.144 e. The molecule has 6 heavy (non-hydrogen) atoms. The molecule has 0 atom stereocenters. The molecule has 0 spiro atoms. The molecule has 0 aliphatic rings. The SMILES string of the molecule is CCCN[CH]O. The normalized spacial score (nSPS) is 9.00. The van der Waals surface area contributed by atoms with Crippen LogP contribution in [0.5, 0.6) is 0 Å². The molecule has 0 saturated carbocycles. The first kappa shape index (κ1) is 5.92. The van der Waals surface area contributed by atoms with Crippen LogP contribution in [0.2, 0.25) is 0 Å². The Morgan fingerprint density at radius 2 is 2.50 bits per heavy atom. The van der Waals surface area contributed by atoms with Gasteiger partial charge in [-0.2, -0.15) is 0 Å². The maximum atomic E-state index is 7.96. The second-order valence-corrected chi connectivity index (χ2v) is 1.08. The van der Waals surface area contributed by atoms with Crippen molar-refractivity contribution >= 4 is 0 Å². The fourth-order valence-corrected chi connectivity index (χ4v) is 0.209. The molecule has 0 saturated heterocycles. The van der Waals surface area contributed by atoms with Crippen molar-refractivity contribution in [1.82, 2.24) is 5.32 Å². The van der Waals surface area contributed by atoms with Crippen LogP contribution in [0.3, 0.4) is 0 Å². The van der Waals surface area contributed by atoms with Crippen molar-refractivity contribution in [2.45, 2.75) is 13.3 Å². The quantitative estimate of drug-likeness (QED) is 0.492. The lowest BCUT2D eigenvalue weighted by molar-refractivity contribution is 0.350. The summed E-state index contributed by atoms with van der Waals surface area (Å²) in [7, 11) is 0. The van der Waals surface area contributed by atoms with E-state index < -0.39 is 0 Å². The number of hydrogen-bond donors (Lipinski definition) is 2. The van der Waals surface area contributed by atoms with Gasteiger partial charge in [-0.1, -0.05) is 6.92 Å². The third-order valence-electron chi connectivity index (χ3n) is 0.486. The van der Waals surface area contributed by atoms with E-state index in [0.29, 0.717) is 0 Å². The molecule has 0 fully saturated rings. The molecular weight excluding hydrogens is 78.0 g/mol. The smallest absolute Gasteiger partial charge is 0.144 e. The number of aliphatic hydroxyl groups excluding tert-OH is 1. The van der Waals surface area contributed by atoms with Gasteiger partial charge in [0.15, 0.2) is 0 Å². The molecule has 0 aliphatic heterocycles. The molecule has 0 aliphatic carbocycles. The standard InChI is InChI=1S/C4H10NO/c1-2-3-5-4-6/h4-6H,2-3H2,1H3. The van der Waals surface area contributed by atoms with Crippen LogP contribution in [0.15, 0.2) is 0 Å². The van der Waals surface area contributed by atoms with E-state index in [0.717, 1.165) is 19.7 Å². The lowest BCUT2D eigenvalue weighted by Crippen LogP contribution is -2.09. The molecule has 1 radical (unpaired) electrons. The molecule has 0 aromatic carbocycles. The average Bonchev–Trinajstić information content (AvgIpc) is 1.61. The molecule has 0 rings (SSSR count). The van der Waals surface area contributed by atoms with Crippen molar-refractivity contribution in [1.29, 1.82) is 0 Å². The fourth-order valence-electron chi connectivity index (χ4n) is 0.209. The molecule has 0 bridgehead atoms. The molecular formula is C4H10NO. The van der Waals surface area contributed by atoms with Gasteiger partial charge in [0, 0.05) is 0 Å². The van der Waals surface area contributed by atoms with Crippen LogP contribution in [0.4, 0.5) is 0 Å². The van der Waals surface area contributed by atoms with Gasteiger partial charge in [-0.05, 0) is 13.0 Å². The van der Waals surface area contributed by atoms with Gasteiger partial charge in [0.05, 0.1) is 0 Å². The zero-order valence-corrected chi connectivity index (χ0v) is 3.94. The van der Waals surface area contributed by atoms with Gasteiger partial charge >= 0.3 is 0 Å². The Kier molecular flexibility index (Phi) is 4.85. The van der Waals surface area contributed by atoms with Gasteiger partial charge in [0.2, 0.25) is 0 Å². The van der Waals surface area contributed by atoms with Gasteiger partial charge in [0.1, 0.15) is 6.73 Å². The number of hydrogen-bond acceptors (Lipinski definition) is 2. The Hall–Kier alpha value is -0.0800. The highest BCUT2D eigenvalue weighted by Crippen LogP contribution is 1.66. The van der Waals surface area contributed by atoms with E-state index in [9.17, 15) is 0 Å². The largest absolute Gasteiger partial charge is 0.374 e. The fraction of sp³-hybridized carbons (Fsp3) is 0.750. The molecule has 0 unspecified atom stereocenters. The first-order chi connectivity index (χ1) is 2.91. The second-order valence-electron chi connectivity index (χ2n) is 1.08. The number of nitrogens with one attached hydrogen (secondary N) is 1. The summed E-state index contributed by atoms with van der Waals surface area (Å²) in [4.78, 5) is 0. The van der Waals surface area contributed by atoms with Crippen molar-refractivity contribution < 1.29 is 5.11 Å². The summed E-state index contributed by atoms with van der Waals surface area (Å²) in [5.41, 5.74) is 0. The molecule has 0 heterocycles. The Morgan fingerprint density at radius 3 is 2.67 bits per heavy atom. The molecule has 2 heteroatoms. The lowest BCUT2D eigenvalue weighted by Gasteiger charge is -1.90. The topological polar surface area (TPSA) is 32.3 Å². The second kappa shape index (κ2) is 4.92. The van der Waals surface area contributed by atoms with Crippen LogP contribution < -0.4 is 5.32 Å². The Morgan fingerprint density at radius 1 is 1.83 bits per heavy atom. The van der Waals surface area contributed by atoms with Crippen molar-refractivity contribution in [2.24, 2.45) is 0 Å². The van der Waals surface area contributed by atoms with Crippen LogP contribution in [0, 0.1) is 6.73 Å². The summed E-state index contributed by atoms with van der Waals surface area (Å²) in [6.07, 6.45) is 1.05. The van der Waals surface area contributed by atoms with Gasteiger partial charge in [-0.15, -0.1) is 0 Å². The Labute approximate surface area is 38.2 Å². The number of rotatable bonds is 3. The summed E-state index contributed by atoms with van der Waals surface area (Å²) in [6, 6.07) is 0. The summed E-state index contributed by atoms with van der Waals surface area (Å²) in [5, 5.41) is 10.6. The molecule has 0 aromatic heterocycles. The highest BCUT2D eigenvalue weighted by atomic mass is 16.3. The lowest BCUT2D eigenvalue weighted by atomic mass is 10.5. The van der Waals surface area contributed by atoms with Gasteiger partial charge in [0.25, 0.3) is 0 Å². The zero-order valence-electron chi connectivity index (χ0n) is 3.94. The third kappa shape index (κ3) is 3.92. The van der Waals surface area contributed by atoms with E-state index >= 15 is 0 Å². The summed E-state index contributed by atoms with van der Waals surface area (Å²) in [6.45, 7) is 3.86. The van der Waals surface area contributed by atoms with Crippen LogP contribution in [-0.2, 0) is 0 Å². The minimum Gasteiger partial charge on any atom is -0.374 e. The average molecular weight is 88.1 g/mol. The molecule has 2 N–H and O–H groups in total. The Balaban J connectivity index is 2.34. The molecule has 0 aromatic rings. The van der Waals surface area contributed by atoms with Crippen molar-refractivity contribution in [3.05, 3.63) is 6.73 Å². The van der Waals surface area contributed by atoms with Crippen molar-refractivity contribution in [3.63, 3.8) is 0 Å². The summed E-state index contributed by atoms with van der Waals surface area (Å²) in [5.74, 6) is 0. The van der Waals surface area contributed by atoms with Gasteiger partial charge in [-0.3, -0.25) is 5.32 Å². The summed E-state index contributed by atoms with van der Waals surface area (Å²) < 4.78 is 0. The van der Waals surface area contributed by atoms with E-state index in [2.05, 4.69) is 5.32 Å². The van der Waals surface area contributed by atoms with E-state index in [4.69, 9.17) is 5.11 Å².